The molecule has 2 heterocycles. The lowest BCUT2D eigenvalue weighted by Gasteiger charge is -2.29. The molecule has 0 aromatic heterocycles. The number of benzene rings is 2. The number of aliphatic hydroxyl groups excluding tert-OH is 1. The highest BCUT2D eigenvalue weighted by Crippen LogP contribution is 2.40. The average molecular weight is 493 g/mol. The van der Waals surface area contributed by atoms with E-state index in [-0.39, 0.29) is 11.3 Å². The summed E-state index contributed by atoms with van der Waals surface area (Å²) in [6.45, 7) is 10.9. The molecule has 0 spiro atoms. The maximum atomic E-state index is 13.3. The van der Waals surface area contributed by atoms with E-state index in [1.807, 2.05) is 51.1 Å². The highest BCUT2D eigenvalue weighted by molar-refractivity contribution is 6.46. The quantitative estimate of drug-likeness (QED) is 0.321. The molecular weight excluding hydrogens is 456 g/mol. The maximum Gasteiger partial charge on any atom is 0.295 e. The molecule has 1 N–H and O–H groups in total. The van der Waals surface area contributed by atoms with E-state index >= 15 is 0 Å². The van der Waals surface area contributed by atoms with Gasteiger partial charge >= 0.3 is 0 Å². The van der Waals surface area contributed by atoms with E-state index in [1.165, 1.54) is 0 Å². The summed E-state index contributed by atoms with van der Waals surface area (Å²) in [6, 6.07) is 12.6. The molecule has 2 fully saturated rings. The summed E-state index contributed by atoms with van der Waals surface area (Å²) in [7, 11) is 0. The SMILES string of the molecule is CCCOc1ccc(/C(O)=C2/C(=O)C(=O)N(CCCN3CCOCC3)C2c2ccc(C)cc2)c(C)c1. The Morgan fingerprint density at radius 3 is 2.44 bits per heavy atom. The van der Waals surface area contributed by atoms with Crippen LogP contribution in [0, 0.1) is 13.8 Å². The van der Waals surface area contributed by atoms with Gasteiger partial charge in [-0.25, -0.2) is 0 Å². The first-order chi connectivity index (χ1) is 17.4. The van der Waals surface area contributed by atoms with Gasteiger partial charge in [-0.05, 0) is 56.0 Å². The maximum absolute atomic E-state index is 13.3. The fraction of sp³-hybridized carbons (Fsp3) is 0.448. The fourth-order valence-electron chi connectivity index (χ4n) is 4.85. The topological polar surface area (TPSA) is 79.3 Å². The van der Waals surface area contributed by atoms with Gasteiger partial charge in [-0.3, -0.25) is 14.5 Å². The van der Waals surface area contributed by atoms with Gasteiger partial charge in [0.2, 0.25) is 0 Å². The van der Waals surface area contributed by atoms with Crippen molar-refractivity contribution in [3.05, 3.63) is 70.3 Å². The summed E-state index contributed by atoms with van der Waals surface area (Å²) in [4.78, 5) is 30.5. The predicted molar refractivity (Wildman–Crippen MR) is 139 cm³/mol. The number of rotatable bonds is 9. The fourth-order valence-corrected chi connectivity index (χ4v) is 4.85. The number of aryl methyl sites for hydroxylation is 2. The number of morpholine rings is 1. The molecule has 0 bridgehead atoms. The summed E-state index contributed by atoms with van der Waals surface area (Å²) in [5, 5.41) is 11.4. The summed E-state index contributed by atoms with van der Waals surface area (Å²) in [5.74, 6) is -0.640. The number of ether oxygens (including phenoxy) is 2. The van der Waals surface area contributed by atoms with Gasteiger partial charge in [-0.15, -0.1) is 0 Å². The van der Waals surface area contributed by atoms with Crippen LogP contribution in [-0.4, -0.2) is 72.6 Å². The minimum Gasteiger partial charge on any atom is -0.507 e. The lowest BCUT2D eigenvalue weighted by atomic mass is 9.93. The molecule has 1 amide bonds. The molecule has 2 saturated heterocycles. The monoisotopic (exact) mass is 492 g/mol. The van der Waals surface area contributed by atoms with E-state index in [4.69, 9.17) is 9.47 Å². The van der Waals surface area contributed by atoms with Crippen molar-refractivity contribution in [3.63, 3.8) is 0 Å². The van der Waals surface area contributed by atoms with E-state index < -0.39 is 17.7 Å². The van der Waals surface area contributed by atoms with E-state index in [1.54, 1.807) is 17.0 Å². The number of ketones is 1. The number of aliphatic hydroxyl groups is 1. The second-order valence-corrected chi connectivity index (χ2v) is 9.54. The smallest absolute Gasteiger partial charge is 0.295 e. The summed E-state index contributed by atoms with van der Waals surface area (Å²) < 4.78 is 11.1. The normalized spacial score (nSPS) is 20.2. The van der Waals surface area contributed by atoms with Gasteiger partial charge in [0, 0.05) is 31.7 Å². The molecule has 1 atom stereocenters. The van der Waals surface area contributed by atoms with Crippen LogP contribution in [0.15, 0.2) is 48.0 Å². The van der Waals surface area contributed by atoms with Crippen LogP contribution in [0.25, 0.3) is 5.76 Å². The molecule has 192 valence electrons. The molecule has 1 unspecified atom stereocenters. The second kappa shape index (κ2) is 11.7. The third kappa shape index (κ3) is 5.63. The zero-order valence-corrected chi connectivity index (χ0v) is 21.5. The number of carbonyl (C=O) groups excluding carboxylic acids is 2. The first-order valence-corrected chi connectivity index (χ1v) is 12.8. The molecule has 36 heavy (non-hydrogen) atoms. The Hall–Kier alpha value is -3.16. The van der Waals surface area contributed by atoms with Gasteiger partial charge in [0.05, 0.1) is 31.4 Å². The van der Waals surface area contributed by atoms with Crippen molar-refractivity contribution < 1.29 is 24.2 Å². The van der Waals surface area contributed by atoms with Crippen molar-refractivity contribution in [1.29, 1.82) is 0 Å². The van der Waals surface area contributed by atoms with Gasteiger partial charge in [0.25, 0.3) is 11.7 Å². The minimum absolute atomic E-state index is 0.139. The first kappa shape index (κ1) is 25.9. The van der Waals surface area contributed by atoms with Gasteiger partial charge in [-0.2, -0.15) is 0 Å². The molecule has 2 aliphatic rings. The Bertz CT molecular complexity index is 1120. The Morgan fingerprint density at radius 1 is 1.06 bits per heavy atom. The predicted octanol–water partition coefficient (Wildman–Crippen LogP) is 4.24. The number of Topliss-reactive ketones (excluding diaryl/α,β-unsaturated/α-hetero) is 1. The summed E-state index contributed by atoms with van der Waals surface area (Å²) >= 11 is 0. The van der Waals surface area contributed by atoms with Crippen molar-refractivity contribution >= 4 is 17.4 Å². The van der Waals surface area contributed by atoms with Gasteiger partial charge in [0.1, 0.15) is 11.5 Å². The molecule has 0 radical (unpaired) electrons. The molecule has 7 heteroatoms. The highest BCUT2D eigenvalue weighted by Gasteiger charge is 2.45. The molecule has 2 aliphatic heterocycles. The number of hydrogen-bond donors (Lipinski definition) is 1. The third-order valence-corrected chi connectivity index (χ3v) is 6.84. The third-order valence-electron chi connectivity index (χ3n) is 6.84. The van der Waals surface area contributed by atoms with Crippen molar-refractivity contribution in [2.45, 2.75) is 39.7 Å². The Balaban J connectivity index is 1.66. The van der Waals surface area contributed by atoms with Crippen LogP contribution in [0.3, 0.4) is 0 Å². The zero-order chi connectivity index (χ0) is 25.7. The van der Waals surface area contributed by atoms with Crippen molar-refractivity contribution in [3.8, 4) is 5.75 Å². The standard InChI is InChI=1S/C29H36N2O5/c1-4-16-36-23-10-11-24(21(3)19-23)27(32)25-26(22-8-6-20(2)7-9-22)31(29(34)28(25)33)13-5-12-30-14-17-35-18-15-30/h6-11,19,26,32H,4-5,12-18H2,1-3H3/b27-25-. The summed E-state index contributed by atoms with van der Waals surface area (Å²) in [6.07, 6.45) is 1.63. The van der Waals surface area contributed by atoms with Crippen LogP contribution in [0.4, 0.5) is 0 Å². The van der Waals surface area contributed by atoms with Crippen LogP contribution < -0.4 is 4.74 Å². The van der Waals surface area contributed by atoms with Gasteiger partial charge in [-0.1, -0.05) is 36.8 Å². The average Bonchev–Trinajstić information content (AvgIpc) is 3.13. The Kier molecular flexibility index (Phi) is 8.44. The number of carbonyl (C=O) groups is 2. The molecular formula is C29H36N2O5. The molecule has 4 rings (SSSR count). The van der Waals surface area contributed by atoms with Gasteiger partial charge in [0.15, 0.2) is 0 Å². The molecule has 2 aromatic carbocycles. The number of nitrogens with zero attached hydrogens (tertiary/aromatic N) is 2. The van der Waals surface area contributed by atoms with Crippen molar-refractivity contribution in [1.82, 2.24) is 9.80 Å². The zero-order valence-electron chi connectivity index (χ0n) is 21.5. The number of hydrogen-bond acceptors (Lipinski definition) is 6. The van der Waals surface area contributed by atoms with E-state index in [0.717, 1.165) is 62.4 Å². The van der Waals surface area contributed by atoms with Crippen LogP contribution in [-0.2, 0) is 14.3 Å². The summed E-state index contributed by atoms with van der Waals surface area (Å²) in [5.41, 5.74) is 3.35. The minimum atomic E-state index is -0.643. The number of amides is 1. The van der Waals surface area contributed by atoms with Crippen molar-refractivity contribution in [2.75, 3.05) is 46.0 Å². The second-order valence-electron chi connectivity index (χ2n) is 9.54. The van der Waals surface area contributed by atoms with Crippen LogP contribution >= 0.6 is 0 Å². The van der Waals surface area contributed by atoms with Gasteiger partial charge < -0.3 is 19.5 Å². The van der Waals surface area contributed by atoms with E-state index in [9.17, 15) is 14.7 Å². The van der Waals surface area contributed by atoms with E-state index in [2.05, 4.69) is 4.90 Å². The van der Waals surface area contributed by atoms with Crippen LogP contribution in [0.5, 0.6) is 5.75 Å². The lowest BCUT2D eigenvalue weighted by molar-refractivity contribution is -0.140. The largest absolute Gasteiger partial charge is 0.507 e. The Labute approximate surface area is 213 Å². The van der Waals surface area contributed by atoms with Crippen LogP contribution in [0.1, 0.15) is 48.1 Å². The molecule has 0 aliphatic carbocycles. The highest BCUT2D eigenvalue weighted by atomic mass is 16.5. The van der Waals surface area contributed by atoms with Crippen molar-refractivity contribution in [2.24, 2.45) is 0 Å². The first-order valence-electron chi connectivity index (χ1n) is 12.8. The molecule has 2 aromatic rings. The van der Waals surface area contributed by atoms with Crippen LogP contribution in [0.2, 0.25) is 0 Å². The Morgan fingerprint density at radius 2 is 1.78 bits per heavy atom. The molecule has 7 nitrogen and oxygen atoms in total. The number of likely N-dealkylation sites (tertiary alicyclic amines) is 1. The lowest BCUT2D eigenvalue weighted by Crippen LogP contribution is -2.38. The molecule has 0 saturated carbocycles. The van der Waals surface area contributed by atoms with E-state index in [0.29, 0.717) is 24.5 Å².